The molecule has 1 aliphatic rings. The molecule has 3 amide bonds. The molecule has 1 aromatic carbocycles. The summed E-state index contributed by atoms with van der Waals surface area (Å²) in [5, 5.41) is 16.2. The lowest BCUT2D eigenvalue weighted by molar-refractivity contribution is -0.166. The molecule has 37 heavy (non-hydrogen) atoms. The molecule has 0 radical (unpaired) electrons. The number of nitrogens with zero attached hydrogens (tertiary/aromatic N) is 2. The quantitative estimate of drug-likeness (QED) is 0.195. The normalized spacial score (nSPS) is 18.3. The number of hydroxylamine groups is 2. The van der Waals surface area contributed by atoms with Gasteiger partial charge in [0.15, 0.2) is 9.84 Å². The van der Waals surface area contributed by atoms with Crippen LogP contribution in [0.2, 0.25) is 0 Å². The molecule has 0 unspecified atom stereocenters. The molecule has 11 heteroatoms. The van der Waals surface area contributed by atoms with Crippen molar-refractivity contribution < 1.29 is 28.0 Å². The zero-order valence-electron chi connectivity index (χ0n) is 22.4. The van der Waals surface area contributed by atoms with Gasteiger partial charge in [0.25, 0.3) is 0 Å². The molecule has 1 aromatic rings. The van der Waals surface area contributed by atoms with Crippen LogP contribution in [-0.2, 0) is 30.6 Å². The Morgan fingerprint density at radius 2 is 1.76 bits per heavy atom. The number of aryl methyl sites for hydroxylation is 1. The van der Waals surface area contributed by atoms with Crippen LogP contribution in [0.1, 0.15) is 46.1 Å². The minimum absolute atomic E-state index is 0.119. The fourth-order valence-electron chi connectivity index (χ4n) is 4.38. The monoisotopic (exact) mass is 538 g/mol. The summed E-state index contributed by atoms with van der Waals surface area (Å²) in [6.45, 7) is 8.88. The lowest BCUT2D eigenvalue weighted by atomic mass is 9.84. The highest BCUT2D eigenvalue weighted by Gasteiger charge is 2.36. The molecule has 0 bridgehead atoms. The fraction of sp³-hybridized carbons (Fsp3) is 0.654. The standard InChI is InChI=1S/C26H42N4O6S/c1-20(30(34)19-31)22(12-8-11-21-9-6-5-7-10-21)24(32)28-23(26(2,3)4)25(33)27-13-14-29-15-17-37(35,36)18-16-29/h5-7,9-10,19-20,22-23,34H,8,11-18H2,1-4H3,(H,27,33)(H,28,32)/t20-,22+,23+/m0/s1. The van der Waals surface area contributed by atoms with Gasteiger partial charge in [-0.3, -0.25) is 24.5 Å². The third kappa shape index (κ3) is 10.1. The van der Waals surface area contributed by atoms with Gasteiger partial charge in [-0.2, -0.15) is 0 Å². The predicted molar refractivity (Wildman–Crippen MR) is 142 cm³/mol. The zero-order chi connectivity index (χ0) is 27.6. The Hall–Kier alpha value is -2.50. The van der Waals surface area contributed by atoms with Gasteiger partial charge in [0, 0.05) is 26.2 Å². The van der Waals surface area contributed by atoms with E-state index in [1.807, 2.05) is 56.0 Å². The summed E-state index contributed by atoms with van der Waals surface area (Å²) in [7, 11) is -2.97. The number of hydrogen-bond acceptors (Lipinski definition) is 7. The van der Waals surface area contributed by atoms with E-state index < -0.39 is 39.2 Å². The average Bonchev–Trinajstić information content (AvgIpc) is 2.85. The smallest absolute Gasteiger partial charge is 0.243 e. The lowest BCUT2D eigenvalue weighted by Gasteiger charge is -2.34. The Morgan fingerprint density at radius 1 is 1.14 bits per heavy atom. The summed E-state index contributed by atoms with van der Waals surface area (Å²) in [5.41, 5.74) is 0.532. The largest absolute Gasteiger partial charge is 0.353 e. The van der Waals surface area contributed by atoms with Crippen molar-refractivity contribution in [1.29, 1.82) is 0 Å². The molecule has 0 saturated carbocycles. The van der Waals surface area contributed by atoms with Crippen LogP contribution in [0, 0.1) is 11.3 Å². The maximum atomic E-state index is 13.4. The molecule has 208 valence electrons. The molecule has 3 N–H and O–H groups in total. The first-order valence-corrected chi connectivity index (χ1v) is 14.6. The molecule has 1 heterocycles. The molecule has 0 aliphatic carbocycles. The van der Waals surface area contributed by atoms with Gasteiger partial charge in [-0.25, -0.2) is 13.5 Å². The van der Waals surface area contributed by atoms with Gasteiger partial charge in [0.2, 0.25) is 18.2 Å². The summed E-state index contributed by atoms with van der Waals surface area (Å²) < 4.78 is 23.2. The summed E-state index contributed by atoms with van der Waals surface area (Å²) >= 11 is 0. The molecular formula is C26H42N4O6S. The Kier molecular flexibility index (Phi) is 11.5. The zero-order valence-corrected chi connectivity index (χ0v) is 23.2. The predicted octanol–water partition coefficient (Wildman–Crippen LogP) is 1.24. The van der Waals surface area contributed by atoms with E-state index in [1.54, 1.807) is 6.92 Å². The number of carbonyl (C=O) groups excluding carboxylic acids is 3. The van der Waals surface area contributed by atoms with E-state index >= 15 is 0 Å². The number of hydrogen-bond donors (Lipinski definition) is 3. The van der Waals surface area contributed by atoms with Crippen LogP contribution in [0.15, 0.2) is 30.3 Å². The molecule has 10 nitrogen and oxygen atoms in total. The summed E-state index contributed by atoms with van der Waals surface area (Å²) in [6, 6.07) is 8.23. The summed E-state index contributed by atoms with van der Waals surface area (Å²) in [6.07, 6.45) is 2.10. The first-order valence-electron chi connectivity index (χ1n) is 12.8. The molecule has 1 saturated heterocycles. The number of amides is 3. The number of sulfone groups is 1. The van der Waals surface area contributed by atoms with E-state index in [-0.39, 0.29) is 23.8 Å². The third-order valence-corrected chi connectivity index (χ3v) is 8.46. The van der Waals surface area contributed by atoms with Crippen molar-refractivity contribution in [3.05, 3.63) is 35.9 Å². The van der Waals surface area contributed by atoms with E-state index in [9.17, 15) is 28.0 Å². The second kappa shape index (κ2) is 13.9. The van der Waals surface area contributed by atoms with E-state index in [4.69, 9.17) is 0 Å². The van der Waals surface area contributed by atoms with Gasteiger partial charge in [-0.05, 0) is 37.2 Å². The van der Waals surface area contributed by atoms with Crippen molar-refractivity contribution in [3.63, 3.8) is 0 Å². The van der Waals surface area contributed by atoms with Crippen LogP contribution < -0.4 is 10.6 Å². The van der Waals surface area contributed by atoms with E-state index in [1.165, 1.54) is 0 Å². The molecular weight excluding hydrogens is 496 g/mol. The number of carbonyl (C=O) groups is 3. The van der Waals surface area contributed by atoms with Crippen LogP contribution in [0.3, 0.4) is 0 Å². The third-order valence-electron chi connectivity index (χ3n) is 6.85. The minimum atomic E-state index is -2.97. The molecule has 3 atom stereocenters. The van der Waals surface area contributed by atoms with Crippen LogP contribution in [0.25, 0.3) is 0 Å². The molecule has 2 rings (SSSR count). The Balaban J connectivity index is 2.01. The first kappa shape index (κ1) is 30.7. The van der Waals surface area contributed by atoms with Crippen molar-refractivity contribution in [2.75, 3.05) is 37.7 Å². The Morgan fingerprint density at radius 3 is 2.32 bits per heavy atom. The van der Waals surface area contributed by atoms with Gasteiger partial charge in [-0.1, -0.05) is 51.1 Å². The number of benzene rings is 1. The van der Waals surface area contributed by atoms with Crippen LogP contribution in [0.5, 0.6) is 0 Å². The summed E-state index contributed by atoms with van der Waals surface area (Å²) in [5.74, 6) is -1.22. The van der Waals surface area contributed by atoms with Crippen LogP contribution in [0.4, 0.5) is 0 Å². The van der Waals surface area contributed by atoms with Crippen LogP contribution >= 0.6 is 0 Å². The van der Waals surface area contributed by atoms with Gasteiger partial charge in [0.1, 0.15) is 6.04 Å². The Bertz CT molecular complexity index is 982. The first-order chi connectivity index (χ1) is 17.3. The Labute approximate surface area is 220 Å². The van der Waals surface area contributed by atoms with Crippen molar-refractivity contribution >= 4 is 28.1 Å². The van der Waals surface area contributed by atoms with Crippen molar-refractivity contribution in [2.45, 2.75) is 59.0 Å². The van der Waals surface area contributed by atoms with Gasteiger partial charge >= 0.3 is 0 Å². The lowest BCUT2D eigenvalue weighted by Crippen LogP contribution is -2.57. The molecule has 0 aromatic heterocycles. The van der Waals surface area contributed by atoms with Gasteiger partial charge in [-0.15, -0.1) is 0 Å². The fourth-order valence-corrected chi connectivity index (χ4v) is 5.66. The second-order valence-electron chi connectivity index (χ2n) is 10.8. The average molecular weight is 539 g/mol. The van der Waals surface area contributed by atoms with Crippen molar-refractivity contribution in [2.24, 2.45) is 11.3 Å². The highest BCUT2D eigenvalue weighted by atomic mass is 32.2. The molecule has 0 spiro atoms. The SMILES string of the molecule is C[C@@H]([C@@H](CCCc1ccccc1)C(=O)N[C@H](C(=O)NCCN1CCS(=O)(=O)CC1)C(C)(C)C)N(O)C=O. The number of rotatable bonds is 13. The topological polar surface area (TPSA) is 136 Å². The highest BCUT2D eigenvalue weighted by molar-refractivity contribution is 7.91. The van der Waals surface area contributed by atoms with Crippen molar-refractivity contribution in [3.8, 4) is 0 Å². The summed E-state index contributed by atoms with van der Waals surface area (Å²) in [4.78, 5) is 39.7. The maximum Gasteiger partial charge on any atom is 0.243 e. The molecule has 1 aliphatic heterocycles. The molecule has 1 fully saturated rings. The van der Waals surface area contributed by atoms with E-state index in [0.29, 0.717) is 44.1 Å². The van der Waals surface area contributed by atoms with E-state index in [0.717, 1.165) is 12.0 Å². The maximum absolute atomic E-state index is 13.4. The second-order valence-corrected chi connectivity index (χ2v) is 13.1. The van der Waals surface area contributed by atoms with Gasteiger partial charge < -0.3 is 10.6 Å². The minimum Gasteiger partial charge on any atom is -0.353 e. The van der Waals surface area contributed by atoms with Gasteiger partial charge in [0.05, 0.1) is 23.5 Å². The number of nitrogens with one attached hydrogen (secondary N) is 2. The van der Waals surface area contributed by atoms with Crippen LogP contribution in [-0.4, -0.2) is 91.6 Å². The highest BCUT2D eigenvalue weighted by Crippen LogP contribution is 2.23. The van der Waals surface area contributed by atoms with E-state index in [2.05, 4.69) is 10.6 Å². The van der Waals surface area contributed by atoms with Crippen molar-refractivity contribution in [1.82, 2.24) is 20.6 Å².